The predicted octanol–water partition coefficient (Wildman–Crippen LogP) is 2.43. The number of aromatic nitrogens is 1. The van der Waals surface area contributed by atoms with Crippen LogP contribution in [0.3, 0.4) is 0 Å². The van der Waals surface area contributed by atoms with Crippen molar-refractivity contribution in [3.63, 3.8) is 0 Å². The van der Waals surface area contributed by atoms with Gasteiger partial charge in [0.25, 0.3) is 5.91 Å². The zero-order valence-corrected chi connectivity index (χ0v) is 14.1. The van der Waals surface area contributed by atoms with Gasteiger partial charge < -0.3 is 14.7 Å². The van der Waals surface area contributed by atoms with Gasteiger partial charge in [0, 0.05) is 18.3 Å². The molecule has 2 aromatic rings. The fourth-order valence-corrected chi connectivity index (χ4v) is 3.62. The first-order chi connectivity index (χ1) is 11.6. The maximum atomic E-state index is 12.5. The Bertz CT molecular complexity index is 741. The van der Waals surface area contributed by atoms with Crippen molar-refractivity contribution in [3.8, 4) is 5.75 Å². The fraction of sp³-hybridized carbons (Fsp3) is 0.353. The van der Waals surface area contributed by atoms with Crippen molar-refractivity contribution in [2.24, 2.45) is 0 Å². The standard InChI is InChI=1S/C17H18N2O4S/c1-23-12-6-4-11(5-7-12)9-15-18-13(10-24-15)16(20)19-8-2-3-14(19)17(21)22/h4-7,10,14H,2-3,8-9H2,1H3,(H,21,22). The van der Waals surface area contributed by atoms with Gasteiger partial charge in [0.05, 0.1) is 12.1 Å². The monoisotopic (exact) mass is 346 g/mol. The number of likely N-dealkylation sites (tertiary alicyclic amines) is 1. The summed E-state index contributed by atoms with van der Waals surface area (Å²) >= 11 is 1.41. The molecular weight excluding hydrogens is 328 g/mol. The van der Waals surface area contributed by atoms with E-state index >= 15 is 0 Å². The zero-order valence-electron chi connectivity index (χ0n) is 13.3. The Balaban J connectivity index is 1.70. The quantitative estimate of drug-likeness (QED) is 0.899. The average molecular weight is 346 g/mol. The molecule has 1 fully saturated rings. The van der Waals surface area contributed by atoms with Crippen molar-refractivity contribution < 1.29 is 19.4 Å². The van der Waals surface area contributed by atoms with Gasteiger partial charge in [-0.3, -0.25) is 4.79 Å². The molecule has 2 heterocycles. The van der Waals surface area contributed by atoms with Crippen LogP contribution in [-0.2, 0) is 11.2 Å². The number of hydrogen-bond donors (Lipinski definition) is 1. The molecule has 1 aliphatic heterocycles. The number of carbonyl (C=O) groups excluding carboxylic acids is 1. The number of carboxylic acid groups (broad SMARTS) is 1. The first-order valence-corrected chi connectivity index (χ1v) is 8.57. The lowest BCUT2D eigenvalue weighted by Gasteiger charge is -2.20. The summed E-state index contributed by atoms with van der Waals surface area (Å²) < 4.78 is 5.13. The molecule has 1 aromatic heterocycles. The third-order valence-corrected chi connectivity index (χ3v) is 4.93. The molecule has 1 amide bonds. The van der Waals surface area contributed by atoms with Gasteiger partial charge in [0.15, 0.2) is 0 Å². The number of amides is 1. The molecule has 0 spiro atoms. The number of aliphatic carboxylic acids is 1. The lowest BCUT2D eigenvalue weighted by atomic mass is 10.1. The number of carboxylic acids is 1. The summed E-state index contributed by atoms with van der Waals surface area (Å²) in [5, 5.41) is 11.7. The van der Waals surface area contributed by atoms with E-state index in [1.807, 2.05) is 24.3 Å². The number of thiazole rings is 1. The topological polar surface area (TPSA) is 79.7 Å². The van der Waals surface area contributed by atoms with Crippen LogP contribution < -0.4 is 4.74 Å². The Hall–Kier alpha value is -2.41. The largest absolute Gasteiger partial charge is 0.497 e. The highest BCUT2D eigenvalue weighted by atomic mass is 32.1. The number of nitrogens with zero attached hydrogens (tertiary/aromatic N) is 2. The summed E-state index contributed by atoms with van der Waals surface area (Å²) in [6, 6.07) is 6.96. The first kappa shape index (κ1) is 16.4. The summed E-state index contributed by atoms with van der Waals surface area (Å²) in [6.45, 7) is 0.473. The summed E-state index contributed by atoms with van der Waals surface area (Å²) in [5.74, 6) is -0.450. The van der Waals surface area contributed by atoms with Gasteiger partial charge in [-0.1, -0.05) is 12.1 Å². The summed E-state index contributed by atoms with van der Waals surface area (Å²) in [5.41, 5.74) is 1.41. The third kappa shape index (κ3) is 3.41. The van der Waals surface area contributed by atoms with Crippen molar-refractivity contribution in [2.45, 2.75) is 25.3 Å². The van der Waals surface area contributed by atoms with E-state index in [0.29, 0.717) is 31.5 Å². The minimum atomic E-state index is -0.950. The van der Waals surface area contributed by atoms with E-state index in [1.165, 1.54) is 16.2 Å². The summed E-state index contributed by atoms with van der Waals surface area (Å²) in [4.78, 5) is 29.5. The minimum absolute atomic E-state index is 0.294. The molecule has 24 heavy (non-hydrogen) atoms. The number of methoxy groups -OCH3 is 1. The van der Waals surface area contributed by atoms with E-state index in [1.54, 1.807) is 12.5 Å². The molecule has 1 atom stereocenters. The van der Waals surface area contributed by atoms with Crippen LogP contribution >= 0.6 is 11.3 Å². The molecule has 1 aliphatic rings. The molecule has 6 nitrogen and oxygen atoms in total. The number of benzene rings is 1. The van der Waals surface area contributed by atoms with Gasteiger partial charge in [-0.15, -0.1) is 11.3 Å². The molecule has 0 saturated carbocycles. The smallest absolute Gasteiger partial charge is 0.326 e. The fourth-order valence-electron chi connectivity index (χ4n) is 2.82. The van der Waals surface area contributed by atoms with Crippen molar-refractivity contribution in [1.29, 1.82) is 0 Å². The molecule has 0 bridgehead atoms. The van der Waals surface area contributed by atoms with Crippen LogP contribution in [-0.4, -0.2) is 46.6 Å². The van der Waals surface area contributed by atoms with Gasteiger partial charge in [-0.05, 0) is 30.5 Å². The van der Waals surface area contributed by atoms with Crippen LogP contribution in [0, 0.1) is 0 Å². The maximum Gasteiger partial charge on any atom is 0.326 e. The molecular formula is C17H18N2O4S. The van der Waals surface area contributed by atoms with Gasteiger partial charge in [-0.25, -0.2) is 9.78 Å². The Kier molecular flexibility index (Phi) is 4.80. The van der Waals surface area contributed by atoms with Gasteiger partial charge in [0.2, 0.25) is 0 Å². The molecule has 1 unspecified atom stereocenters. The molecule has 1 aromatic carbocycles. The van der Waals surface area contributed by atoms with E-state index in [2.05, 4.69) is 4.98 Å². The zero-order chi connectivity index (χ0) is 17.1. The lowest BCUT2D eigenvalue weighted by Crippen LogP contribution is -2.40. The van der Waals surface area contributed by atoms with E-state index in [-0.39, 0.29) is 5.91 Å². The van der Waals surface area contributed by atoms with Gasteiger partial charge in [0.1, 0.15) is 17.5 Å². The Morgan fingerprint density at radius 1 is 1.38 bits per heavy atom. The summed E-state index contributed by atoms with van der Waals surface area (Å²) in [7, 11) is 1.62. The SMILES string of the molecule is COc1ccc(Cc2nc(C(=O)N3CCCC3C(=O)O)cs2)cc1. The maximum absolute atomic E-state index is 12.5. The van der Waals surface area contributed by atoms with Crippen molar-refractivity contribution in [1.82, 2.24) is 9.88 Å². The Morgan fingerprint density at radius 2 is 2.12 bits per heavy atom. The first-order valence-electron chi connectivity index (χ1n) is 7.69. The second-order valence-corrected chi connectivity index (χ2v) is 6.59. The van der Waals surface area contributed by atoms with Crippen LogP contribution in [0.5, 0.6) is 5.75 Å². The molecule has 1 N–H and O–H groups in total. The highest BCUT2D eigenvalue weighted by molar-refractivity contribution is 7.09. The molecule has 0 aliphatic carbocycles. The average Bonchev–Trinajstić information content (AvgIpc) is 3.24. The predicted molar refractivity (Wildman–Crippen MR) is 89.6 cm³/mol. The molecule has 126 valence electrons. The van der Waals surface area contributed by atoms with Crippen LogP contribution in [0.1, 0.15) is 33.9 Å². The van der Waals surface area contributed by atoms with Crippen LogP contribution in [0.15, 0.2) is 29.6 Å². The minimum Gasteiger partial charge on any atom is -0.497 e. The second-order valence-electron chi connectivity index (χ2n) is 5.65. The highest BCUT2D eigenvalue weighted by Crippen LogP contribution is 2.22. The van der Waals surface area contributed by atoms with Crippen LogP contribution in [0.25, 0.3) is 0 Å². The van der Waals surface area contributed by atoms with Gasteiger partial charge in [-0.2, -0.15) is 0 Å². The van der Waals surface area contributed by atoms with Crippen LogP contribution in [0.4, 0.5) is 0 Å². The van der Waals surface area contributed by atoms with Crippen molar-refractivity contribution in [2.75, 3.05) is 13.7 Å². The molecule has 3 rings (SSSR count). The molecule has 0 radical (unpaired) electrons. The van der Waals surface area contributed by atoms with E-state index in [0.717, 1.165) is 16.3 Å². The molecule has 7 heteroatoms. The second kappa shape index (κ2) is 7.00. The Labute approximate surface area is 143 Å². The number of carbonyl (C=O) groups is 2. The van der Waals surface area contributed by atoms with E-state index in [9.17, 15) is 14.7 Å². The van der Waals surface area contributed by atoms with Crippen LogP contribution in [0.2, 0.25) is 0 Å². The highest BCUT2D eigenvalue weighted by Gasteiger charge is 2.35. The number of ether oxygens (including phenoxy) is 1. The normalized spacial score (nSPS) is 17.0. The van der Waals surface area contributed by atoms with Crippen molar-refractivity contribution >= 4 is 23.2 Å². The van der Waals surface area contributed by atoms with E-state index in [4.69, 9.17) is 4.74 Å². The van der Waals surface area contributed by atoms with Crippen molar-refractivity contribution in [3.05, 3.63) is 45.9 Å². The van der Waals surface area contributed by atoms with E-state index < -0.39 is 12.0 Å². The number of rotatable bonds is 5. The third-order valence-electron chi connectivity index (χ3n) is 4.08. The number of hydrogen-bond acceptors (Lipinski definition) is 5. The molecule has 1 saturated heterocycles. The summed E-state index contributed by atoms with van der Waals surface area (Å²) in [6.07, 6.45) is 1.85. The Morgan fingerprint density at radius 3 is 2.79 bits per heavy atom. The van der Waals surface area contributed by atoms with Gasteiger partial charge >= 0.3 is 5.97 Å². The lowest BCUT2D eigenvalue weighted by molar-refractivity contribution is -0.141.